The van der Waals surface area contributed by atoms with Crippen LogP contribution < -0.4 is 27.7 Å². The van der Waals surface area contributed by atoms with Crippen LogP contribution in [-0.4, -0.2) is 256 Å². The topological polar surface area (TPSA) is 336 Å². The zero-order chi connectivity index (χ0) is 96.4. The number of nitrogens with zero attached hydrogens (tertiary/aromatic N) is 9. The lowest BCUT2D eigenvalue weighted by Crippen LogP contribution is -2.49. The van der Waals surface area contributed by atoms with Crippen molar-refractivity contribution in [3.8, 4) is 11.8 Å². The molecule has 8 N–H and O–H groups in total. The van der Waals surface area contributed by atoms with Gasteiger partial charge in [0.2, 0.25) is 40.1 Å². The number of hydrogen-bond acceptors (Lipinski definition) is 22. The Balaban J connectivity index is 0.000000126. The lowest BCUT2D eigenvalue weighted by atomic mass is 9.93. The van der Waals surface area contributed by atoms with E-state index in [-0.39, 0.29) is 80.8 Å². The van der Waals surface area contributed by atoms with Gasteiger partial charge in [-0.2, -0.15) is 22.5 Å². The van der Waals surface area contributed by atoms with Crippen LogP contribution in [0, 0.1) is 63.7 Å². The summed E-state index contributed by atoms with van der Waals surface area (Å²) >= 11 is 0. The van der Waals surface area contributed by atoms with Crippen LogP contribution in [-0.2, 0) is 59.0 Å². The molecular weight excluding hydrogens is 1880 g/mol. The van der Waals surface area contributed by atoms with Crippen LogP contribution >= 0.6 is 0 Å². The lowest BCUT2D eigenvalue weighted by Gasteiger charge is -2.39. The van der Waals surface area contributed by atoms with Crippen molar-refractivity contribution in [3.63, 3.8) is 0 Å². The van der Waals surface area contributed by atoms with E-state index in [0.717, 1.165) is 154 Å². The van der Waals surface area contributed by atoms with E-state index in [2.05, 4.69) is 24.3 Å². The van der Waals surface area contributed by atoms with Gasteiger partial charge in [0.15, 0.2) is 0 Å². The van der Waals surface area contributed by atoms with Crippen LogP contribution in [0.1, 0.15) is 77.9 Å². The Morgan fingerprint density at radius 2 is 0.537 bits per heavy atom. The lowest BCUT2D eigenvalue weighted by molar-refractivity contribution is -0.274. The molecule has 0 radical (unpaired) electrons. The molecule has 0 spiro atoms. The second-order valence-electron chi connectivity index (χ2n) is 35.9. The van der Waals surface area contributed by atoms with E-state index in [1.54, 1.807) is 30.3 Å². The minimum atomic E-state index is -4.87. The second kappa shape index (κ2) is 39.9. The Kier molecular flexibility index (Phi) is 28.7. The van der Waals surface area contributed by atoms with Crippen molar-refractivity contribution in [1.29, 1.82) is 5.26 Å². The Morgan fingerprint density at radius 3 is 0.772 bits per heavy atom. The summed E-state index contributed by atoms with van der Waals surface area (Å²) in [5, 5.41) is 8.93. The highest BCUT2D eigenvalue weighted by Crippen LogP contribution is 2.43. The number of ether oxygens (including phenoxy) is 5. The summed E-state index contributed by atoms with van der Waals surface area (Å²) in [6, 6.07) is 36.4. The highest BCUT2D eigenvalue weighted by Gasteiger charge is 2.48. The molecule has 0 aromatic heterocycles. The molecule has 20 rings (SSSR count). The normalized spacial score (nSPS) is 26.3. The quantitative estimate of drug-likeness (QED) is 0.0486. The first-order valence-corrected chi connectivity index (χ1v) is 49.7. The van der Waals surface area contributed by atoms with Gasteiger partial charge in [-0.3, -0.25) is 19.6 Å². The monoisotopic (exact) mass is 1970 g/mol. The summed E-state index contributed by atoms with van der Waals surface area (Å²) in [7, 11) is -14.8. The van der Waals surface area contributed by atoms with Gasteiger partial charge >= 0.3 is 6.36 Å². The van der Waals surface area contributed by atoms with Gasteiger partial charge in [-0.15, -0.1) is 13.2 Å². The first-order valence-electron chi connectivity index (χ1n) is 43.9. The minimum Gasteiger partial charge on any atom is -0.406 e. The number of benzene rings is 8. The number of alkyl halides is 3. The van der Waals surface area contributed by atoms with Gasteiger partial charge in [0, 0.05) is 175 Å². The Morgan fingerprint density at radius 1 is 0.309 bits per heavy atom. The van der Waals surface area contributed by atoms with Gasteiger partial charge in [-0.25, -0.2) is 73.2 Å². The zero-order valence-corrected chi connectivity index (χ0v) is 76.2. The molecule has 12 atom stereocenters. The van der Waals surface area contributed by atoms with Crippen molar-refractivity contribution in [1.82, 2.24) is 36.8 Å². The molecule has 136 heavy (non-hydrogen) atoms. The fraction of sp³-hybridized carbons (Fsp3) is 0.394. The Bertz CT molecular complexity index is 6450. The highest BCUT2D eigenvalue weighted by molar-refractivity contribution is 7.90. The van der Waals surface area contributed by atoms with Gasteiger partial charge in [-0.05, 0) is 228 Å². The smallest absolute Gasteiger partial charge is 0.406 e. The summed E-state index contributed by atoms with van der Waals surface area (Å²) in [6.07, 6.45) is -5.52. The molecule has 42 heteroatoms. The van der Waals surface area contributed by atoms with Crippen LogP contribution in [0.25, 0.3) is 0 Å². The van der Waals surface area contributed by atoms with E-state index < -0.39 is 153 Å². The van der Waals surface area contributed by atoms with Crippen molar-refractivity contribution in [3.05, 3.63) is 301 Å². The van der Waals surface area contributed by atoms with Crippen LogP contribution in [0.2, 0.25) is 0 Å². The Labute approximate surface area is 778 Å². The third kappa shape index (κ3) is 21.1. The van der Waals surface area contributed by atoms with E-state index in [9.17, 15) is 86.4 Å². The molecule has 4 fully saturated rings. The van der Waals surface area contributed by atoms with Crippen molar-refractivity contribution < 1.29 is 110 Å². The number of rotatable bonds is 17. The summed E-state index contributed by atoms with van der Waals surface area (Å²) in [6.45, 7) is 8.44. The maximum atomic E-state index is 14.2. The third-order valence-electron chi connectivity index (χ3n) is 27.0. The minimum absolute atomic E-state index is 0.000580. The standard InChI is InChI=1S/C24H24F5N3O4S.C24H24F2N4O3S.C23H24F3N3O3S.C23H25F2N3O3S/c25-16-1-6-21(26)20(7-16)23-22(30)8-17(13-35-23)31-9-14-11-32(12-15(14)10-31)37(33,34)19-4-2-18(3-5-19)36-24(27,28)29;25-18-3-6-22(26)21(7-18)24-23(28)8-19(14-33-24)29-10-16-12-30(13-17(16)11-29)34(31,32)20-4-1-15(9-27)2-5-20;24-16-1-4-19(5-2-16)33(30,31)29-11-14-9-28(10-15(14)12-29)18-8-22(27)23(32-13-18)20-7-17(25)3-6-21(20)26;24-17-6-7-21(25)20(8-17)23-22(26)9-18(14-31-23)27-10-15-12-28(13-16(15)11-27)32(29,30)19-4-2-1-3-5-19/h1-7,17,22-23H,8-13,30H2;1-7,19,23-24H,8,10-14,28H2;1-7,18,22-23H,8-13,27H2;1-8,18,22-23H,9-14,26H2/t17-,22+,23-;19-,23+,24-;2*18-,22+,23-/m1111/s1. The van der Waals surface area contributed by atoms with E-state index in [1.807, 2.05) is 6.07 Å². The average Bonchev–Trinajstić information content (AvgIpc) is 1.62. The molecular formula is C94H97F12N13O13S4. The number of hydrogen-bond donors (Lipinski definition) is 4. The van der Waals surface area contributed by atoms with Crippen molar-refractivity contribution in [2.45, 2.75) is 124 Å². The SMILES string of the molecule is N#Cc1ccc(S(=O)(=O)N2CC3=C(CN([C@H]4CO[C@H](c5cc(F)ccc5F)[C@@H](N)C4)C3)C2)cc1.N[C@H]1C[C@@H](N2CC3=C(C2)CN(S(=O)(=O)c2ccc(F)cc2)C3)CO[C@@H]1c1cc(F)ccc1F.N[C@H]1C[C@@H](N2CC3=C(C2)CN(S(=O)(=O)c2ccc(OC(F)(F)F)cc2)C3)CO[C@@H]1c1cc(F)ccc1F.N[C@H]1C[C@@H](N2CC3=C(C2)CN(S(=O)(=O)c2ccccc2)C3)CO[C@@H]1c1cc(F)ccc1F. The van der Waals surface area contributed by atoms with Crippen LogP contribution in [0.4, 0.5) is 52.7 Å². The number of nitriles is 1. The molecule has 26 nitrogen and oxygen atoms in total. The molecule has 4 saturated heterocycles. The molecule has 12 aliphatic heterocycles. The van der Waals surface area contributed by atoms with Crippen molar-refractivity contribution in [2.24, 2.45) is 22.9 Å². The van der Waals surface area contributed by atoms with E-state index in [1.165, 1.54) is 53.6 Å². The average molecular weight is 1970 g/mol. The number of nitrogens with two attached hydrogens (primary N) is 4. The molecule has 0 unspecified atom stereocenters. The maximum Gasteiger partial charge on any atom is 0.573 e. The summed E-state index contributed by atoms with van der Waals surface area (Å²) < 4.78 is 298. The van der Waals surface area contributed by atoms with Crippen LogP contribution in [0.15, 0.2) is 240 Å². The molecule has 8 aromatic carbocycles. The second-order valence-corrected chi connectivity index (χ2v) is 43.6. The zero-order valence-electron chi connectivity index (χ0n) is 73.0. The molecule has 12 aliphatic rings. The molecule has 0 saturated carbocycles. The van der Waals surface area contributed by atoms with Gasteiger partial charge in [0.1, 0.15) is 82.5 Å². The predicted octanol–water partition coefficient (Wildman–Crippen LogP) is 10.7. The largest absolute Gasteiger partial charge is 0.573 e. The molecule has 724 valence electrons. The van der Waals surface area contributed by atoms with Crippen molar-refractivity contribution >= 4 is 40.1 Å². The summed E-state index contributed by atoms with van der Waals surface area (Å²) in [4.78, 5) is 9.22. The fourth-order valence-electron chi connectivity index (χ4n) is 19.9. The molecule has 12 heterocycles. The highest BCUT2D eigenvalue weighted by atomic mass is 32.2. The van der Waals surface area contributed by atoms with E-state index >= 15 is 0 Å². The van der Waals surface area contributed by atoms with E-state index in [4.69, 9.17) is 47.1 Å². The van der Waals surface area contributed by atoms with Gasteiger partial charge in [0.25, 0.3) is 0 Å². The number of halogens is 12. The molecule has 0 bridgehead atoms. The molecule has 0 aliphatic carbocycles. The van der Waals surface area contributed by atoms with Gasteiger partial charge in [0.05, 0.1) is 57.6 Å². The summed E-state index contributed by atoms with van der Waals surface area (Å²) in [5.41, 5.74) is 34.5. The molecule has 0 amide bonds. The predicted molar refractivity (Wildman–Crippen MR) is 472 cm³/mol. The van der Waals surface area contributed by atoms with Crippen LogP contribution in [0.5, 0.6) is 5.75 Å². The summed E-state index contributed by atoms with van der Waals surface area (Å²) in [5.74, 6) is -5.32. The first kappa shape index (κ1) is 98.0. The van der Waals surface area contributed by atoms with Crippen LogP contribution in [0.3, 0.4) is 0 Å². The van der Waals surface area contributed by atoms with E-state index in [0.29, 0.717) is 148 Å². The fourth-order valence-corrected chi connectivity index (χ4v) is 25.7. The van der Waals surface area contributed by atoms with Gasteiger partial charge < -0.3 is 46.6 Å². The first-order chi connectivity index (χ1) is 64.7. The van der Waals surface area contributed by atoms with Crippen molar-refractivity contribution in [2.75, 3.05) is 131 Å². The van der Waals surface area contributed by atoms with Gasteiger partial charge in [-0.1, -0.05) is 18.2 Å². The molecule has 8 aromatic rings. The third-order valence-corrected chi connectivity index (χ3v) is 34.2. The number of sulfonamides is 4. The maximum absolute atomic E-state index is 14.2. The Hall–Kier alpha value is -9.67.